The molecule has 1 aliphatic heterocycles. The van der Waals surface area contributed by atoms with Crippen molar-refractivity contribution in [1.29, 1.82) is 0 Å². The third kappa shape index (κ3) is 3.13. The number of aromatic nitrogens is 1. The van der Waals surface area contributed by atoms with Crippen LogP contribution in [0.5, 0.6) is 0 Å². The van der Waals surface area contributed by atoms with Crippen LogP contribution in [0.2, 0.25) is 0 Å². The number of nitrogens with one attached hydrogen (secondary N) is 2. The molecule has 4 heteroatoms. The standard InChI is InChI=1S/C15H23N3O/c1-3-7-15(8-5-9-16-11-15)14(19)18-13-12(2)6-4-10-17-13/h4,6,10,16H,3,5,7-9,11H2,1-2H3,(H,17,18,19). The van der Waals surface area contributed by atoms with Crippen molar-refractivity contribution in [1.82, 2.24) is 10.3 Å². The monoisotopic (exact) mass is 261 g/mol. The van der Waals surface area contributed by atoms with Gasteiger partial charge in [-0.1, -0.05) is 19.4 Å². The van der Waals surface area contributed by atoms with Crippen LogP contribution in [0.15, 0.2) is 18.3 Å². The first-order valence-corrected chi connectivity index (χ1v) is 7.12. The fourth-order valence-electron chi connectivity index (χ4n) is 2.82. The lowest BCUT2D eigenvalue weighted by Crippen LogP contribution is -2.48. The van der Waals surface area contributed by atoms with E-state index >= 15 is 0 Å². The summed E-state index contributed by atoms with van der Waals surface area (Å²) < 4.78 is 0. The number of aryl methyl sites for hydroxylation is 1. The Labute approximate surface area is 115 Å². The van der Waals surface area contributed by atoms with Crippen LogP contribution in [0.25, 0.3) is 0 Å². The molecule has 1 unspecified atom stereocenters. The lowest BCUT2D eigenvalue weighted by molar-refractivity contribution is -0.127. The Morgan fingerprint density at radius 2 is 2.42 bits per heavy atom. The third-order valence-electron chi connectivity index (χ3n) is 3.92. The zero-order valence-corrected chi connectivity index (χ0v) is 11.8. The number of piperidine rings is 1. The summed E-state index contributed by atoms with van der Waals surface area (Å²) >= 11 is 0. The average molecular weight is 261 g/mol. The van der Waals surface area contributed by atoms with Crippen LogP contribution in [0.3, 0.4) is 0 Å². The highest BCUT2D eigenvalue weighted by atomic mass is 16.2. The molecule has 2 rings (SSSR count). The van der Waals surface area contributed by atoms with Gasteiger partial charge >= 0.3 is 0 Å². The quantitative estimate of drug-likeness (QED) is 0.875. The second kappa shape index (κ2) is 6.15. The van der Waals surface area contributed by atoms with E-state index in [-0.39, 0.29) is 11.3 Å². The van der Waals surface area contributed by atoms with Gasteiger partial charge in [0.25, 0.3) is 0 Å². The topological polar surface area (TPSA) is 54.0 Å². The van der Waals surface area contributed by atoms with E-state index in [9.17, 15) is 4.79 Å². The molecule has 1 fully saturated rings. The van der Waals surface area contributed by atoms with Gasteiger partial charge in [0.2, 0.25) is 5.91 Å². The fraction of sp³-hybridized carbons (Fsp3) is 0.600. The molecule has 0 aromatic carbocycles. The number of carbonyl (C=O) groups is 1. The van der Waals surface area contributed by atoms with Gasteiger partial charge in [0.05, 0.1) is 5.41 Å². The van der Waals surface area contributed by atoms with Crippen molar-refractivity contribution in [3.8, 4) is 0 Å². The highest BCUT2D eigenvalue weighted by molar-refractivity contribution is 5.95. The van der Waals surface area contributed by atoms with E-state index in [2.05, 4.69) is 22.5 Å². The maximum Gasteiger partial charge on any atom is 0.233 e. The molecule has 0 spiro atoms. The molecule has 2 N–H and O–H groups in total. The smallest absolute Gasteiger partial charge is 0.233 e. The van der Waals surface area contributed by atoms with E-state index in [4.69, 9.17) is 0 Å². The maximum absolute atomic E-state index is 12.6. The van der Waals surface area contributed by atoms with E-state index in [0.29, 0.717) is 5.82 Å². The molecule has 0 radical (unpaired) electrons. The van der Waals surface area contributed by atoms with Gasteiger partial charge in [-0.2, -0.15) is 0 Å². The van der Waals surface area contributed by atoms with Crippen molar-refractivity contribution in [3.63, 3.8) is 0 Å². The summed E-state index contributed by atoms with van der Waals surface area (Å²) in [6, 6.07) is 3.85. The predicted molar refractivity (Wildman–Crippen MR) is 77.0 cm³/mol. The molecule has 0 aliphatic carbocycles. The molecule has 2 heterocycles. The van der Waals surface area contributed by atoms with Gasteiger partial charge in [-0.3, -0.25) is 4.79 Å². The molecular weight excluding hydrogens is 238 g/mol. The number of anilines is 1. The minimum absolute atomic E-state index is 0.114. The molecule has 1 aliphatic rings. The summed E-state index contributed by atoms with van der Waals surface area (Å²) in [4.78, 5) is 16.9. The van der Waals surface area contributed by atoms with Crippen molar-refractivity contribution in [2.75, 3.05) is 18.4 Å². The Balaban J connectivity index is 2.14. The first-order chi connectivity index (χ1) is 9.18. The molecule has 19 heavy (non-hydrogen) atoms. The van der Waals surface area contributed by atoms with E-state index < -0.39 is 0 Å². The van der Waals surface area contributed by atoms with Gasteiger partial charge in [0.15, 0.2) is 0 Å². The van der Waals surface area contributed by atoms with Gasteiger partial charge in [0, 0.05) is 12.7 Å². The van der Waals surface area contributed by atoms with Crippen molar-refractivity contribution in [2.24, 2.45) is 5.41 Å². The van der Waals surface area contributed by atoms with Crippen molar-refractivity contribution in [3.05, 3.63) is 23.9 Å². The van der Waals surface area contributed by atoms with Crippen molar-refractivity contribution in [2.45, 2.75) is 39.5 Å². The van der Waals surface area contributed by atoms with Crippen LogP contribution >= 0.6 is 0 Å². The predicted octanol–water partition coefficient (Wildman–Crippen LogP) is 2.50. The van der Waals surface area contributed by atoms with Crippen LogP contribution < -0.4 is 10.6 Å². The Bertz CT molecular complexity index is 433. The lowest BCUT2D eigenvalue weighted by atomic mass is 9.76. The molecule has 1 aromatic rings. The molecule has 0 bridgehead atoms. The minimum Gasteiger partial charge on any atom is -0.316 e. The summed E-state index contributed by atoms with van der Waals surface area (Å²) in [5.41, 5.74) is 0.739. The number of rotatable bonds is 4. The van der Waals surface area contributed by atoms with Crippen LogP contribution in [0, 0.1) is 12.3 Å². The van der Waals surface area contributed by atoms with Gasteiger partial charge in [-0.25, -0.2) is 4.98 Å². The Morgan fingerprint density at radius 1 is 1.58 bits per heavy atom. The van der Waals surface area contributed by atoms with E-state index in [0.717, 1.165) is 44.3 Å². The highest BCUT2D eigenvalue weighted by Crippen LogP contribution is 2.33. The number of carbonyl (C=O) groups excluding carboxylic acids is 1. The maximum atomic E-state index is 12.6. The highest BCUT2D eigenvalue weighted by Gasteiger charge is 2.38. The molecule has 1 amide bonds. The summed E-state index contributed by atoms with van der Waals surface area (Å²) in [6.45, 7) is 5.89. The van der Waals surface area contributed by atoms with Gasteiger partial charge < -0.3 is 10.6 Å². The second-order valence-corrected chi connectivity index (χ2v) is 5.43. The molecule has 4 nitrogen and oxygen atoms in total. The van der Waals surface area contributed by atoms with Crippen molar-refractivity contribution >= 4 is 11.7 Å². The zero-order valence-electron chi connectivity index (χ0n) is 11.8. The molecule has 1 atom stereocenters. The van der Waals surface area contributed by atoms with Crippen LogP contribution in [0.1, 0.15) is 38.2 Å². The van der Waals surface area contributed by atoms with Crippen LogP contribution in [0.4, 0.5) is 5.82 Å². The minimum atomic E-state index is -0.267. The van der Waals surface area contributed by atoms with Crippen LogP contribution in [-0.4, -0.2) is 24.0 Å². The zero-order chi connectivity index (χ0) is 13.7. The molecule has 0 saturated carbocycles. The average Bonchev–Trinajstić information content (AvgIpc) is 2.42. The first kappa shape index (κ1) is 14.0. The summed E-state index contributed by atoms with van der Waals surface area (Å²) in [6.07, 6.45) is 5.70. The largest absolute Gasteiger partial charge is 0.316 e. The summed E-state index contributed by atoms with van der Waals surface area (Å²) in [5, 5.41) is 6.38. The summed E-state index contributed by atoms with van der Waals surface area (Å²) in [5.74, 6) is 0.803. The fourth-order valence-corrected chi connectivity index (χ4v) is 2.82. The number of hydrogen-bond acceptors (Lipinski definition) is 3. The molecular formula is C15H23N3O. The van der Waals surface area contributed by atoms with E-state index in [1.165, 1.54) is 0 Å². The number of hydrogen-bond donors (Lipinski definition) is 2. The molecule has 1 saturated heterocycles. The normalized spacial score (nSPS) is 23.1. The Morgan fingerprint density at radius 3 is 3.05 bits per heavy atom. The van der Waals surface area contributed by atoms with E-state index in [1.807, 2.05) is 19.1 Å². The Hall–Kier alpha value is -1.42. The van der Waals surface area contributed by atoms with Gasteiger partial charge in [0.1, 0.15) is 5.82 Å². The van der Waals surface area contributed by atoms with Crippen molar-refractivity contribution < 1.29 is 4.79 Å². The first-order valence-electron chi connectivity index (χ1n) is 7.12. The third-order valence-corrected chi connectivity index (χ3v) is 3.92. The molecule has 104 valence electrons. The number of amides is 1. The second-order valence-electron chi connectivity index (χ2n) is 5.43. The number of nitrogens with zero attached hydrogens (tertiary/aromatic N) is 1. The van der Waals surface area contributed by atoms with Crippen LogP contribution in [-0.2, 0) is 4.79 Å². The lowest BCUT2D eigenvalue weighted by Gasteiger charge is -2.36. The van der Waals surface area contributed by atoms with Gasteiger partial charge in [-0.15, -0.1) is 0 Å². The van der Waals surface area contributed by atoms with E-state index in [1.54, 1.807) is 6.20 Å². The number of pyridine rings is 1. The Kier molecular flexibility index (Phi) is 4.53. The summed E-state index contributed by atoms with van der Waals surface area (Å²) in [7, 11) is 0. The van der Waals surface area contributed by atoms with Gasteiger partial charge in [-0.05, 0) is 44.4 Å². The SMILES string of the molecule is CCCC1(C(=O)Nc2ncccc2C)CCCNC1. The molecule has 1 aromatic heterocycles.